The molecule has 1 N–H and O–H groups in total. The van der Waals surface area contributed by atoms with E-state index in [1.165, 1.54) is 24.1 Å². The molecule has 2 saturated heterocycles. The smallest absolute Gasteiger partial charge is 0.224 e. The summed E-state index contributed by atoms with van der Waals surface area (Å²) in [5, 5.41) is 8.00. The lowest BCUT2D eigenvalue weighted by molar-refractivity contribution is -0.134. The fourth-order valence-corrected chi connectivity index (χ4v) is 3.93. The molecule has 2 aliphatic heterocycles. The molecular formula is C17H29ClN4O. The zero-order valence-electron chi connectivity index (χ0n) is 14.5. The summed E-state index contributed by atoms with van der Waals surface area (Å²) in [6, 6.07) is 0. The molecule has 130 valence electrons. The Bertz CT molecular complexity index is 563. The van der Waals surface area contributed by atoms with Crippen molar-refractivity contribution in [2.45, 2.75) is 53.0 Å². The van der Waals surface area contributed by atoms with E-state index >= 15 is 0 Å². The summed E-state index contributed by atoms with van der Waals surface area (Å²) in [4.78, 5) is 14.7. The van der Waals surface area contributed by atoms with Crippen molar-refractivity contribution < 1.29 is 4.79 Å². The Hall–Kier alpha value is -1.07. The molecule has 2 fully saturated rings. The number of rotatable bonds is 3. The molecule has 6 heteroatoms. The van der Waals surface area contributed by atoms with E-state index in [0.29, 0.717) is 18.4 Å². The van der Waals surface area contributed by atoms with E-state index < -0.39 is 0 Å². The van der Waals surface area contributed by atoms with Crippen molar-refractivity contribution in [3.05, 3.63) is 17.0 Å². The number of aromatic nitrogens is 2. The molecule has 3 heterocycles. The zero-order chi connectivity index (χ0) is 15.7. The summed E-state index contributed by atoms with van der Waals surface area (Å²) in [5.41, 5.74) is 3.84. The lowest BCUT2D eigenvalue weighted by Gasteiger charge is -2.40. The third-order valence-electron chi connectivity index (χ3n) is 5.63. The topological polar surface area (TPSA) is 50.2 Å². The van der Waals surface area contributed by atoms with E-state index in [2.05, 4.69) is 29.2 Å². The Morgan fingerprint density at radius 1 is 1.30 bits per heavy atom. The molecule has 0 saturated carbocycles. The van der Waals surface area contributed by atoms with E-state index in [1.54, 1.807) is 0 Å². The van der Waals surface area contributed by atoms with Crippen molar-refractivity contribution in [2.24, 2.45) is 5.41 Å². The number of aryl methyl sites for hydroxylation is 2. The average Bonchev–Trinajstić information content (AvgIpc) is 3.05. The predicted molar refractivity (Wildman–Crippen MR) is 94.0 cm³/mol. The summed E-state index contributed by atoms with van der Waals surface area (Å²) in [6.07, 6.45) is 4.19. The number of hydrogen-bond acceptors (Lipinski definition) is 3. The van der Waals surface area contributed by atoms with Gasteiger partial charge in [0.05, 0.1) is 5.69 Å². The van der Waals surface area contributed by atoms with Gasteiger partial charge in [-0.2, -0.15) is 5.10 Å². The van der Waals surface area contributed by atoms with Gasteiger partial charge in [0.2, 0.25) is 5.91 Å². The zero-order valence-corrected chi connectivity index (χ0v) is 15.3. The van der Waals surface area contributed by atoms with Crippen LogP contribution in [0.2, 0.25) is 0 Å². The van der Waals surface area contributed by atoms with Gasteiger partial charge in [-0.25, -0.2) is 0 Å². The molecule has 1 spiro atoms. The maximum absolute atomic E-state index is 12.6. The predicted octanol–water partition coefficient (Wildman–Crippen LogP) is 2.22. The molecule has 5 nitrogen and oxygen atoms in total. The standard InChI is InChI=1S/C17H28N4O.ClH/c1-13-14(2)19-21(15(13)3)10-5-16(22)20-9-4-6-17(12-20)7-8-18-11-17;/h18H,4-12H2,1-3H3;1H. The maximum Gasteiger partial charge on any atom is 0.224 e. The first-order chi connectivity index (χ1) is 10.5. The molecule has 0 aliphatic carbocycles. The van der Waals surface area contributed by atoms with E-state index in [0.717, 1.165) is 38.3 Å². The van der Waals surface area contributed by atoms with Crippen molar-refractivity contribution in [3.63, 3.8) is 0 Å². The van der Waals surface area contributed by atoms with Crippen molar-refractivity contribution in [1.82, 2.24) is 20.0 Å². The van der Waals surface area contributed by atoms with Gasteiger partial charge < -0.3 is 10.2 Å². The van der Waals surface area contributed by atoms with Gasteiger partial charge >= 0.3 is 0 Å². The Morgan fingerprint density at radius 3 is 2.70 bits per heavy atom. The first kappa shape index (κ1) is 18.3. The highest BCUT2D eigenvalue weighted by Crippen LogP contribution is 2.35. The van der Waals surface area contributed by atoms with Crippen LogP contribution in [0.15, 0.2) is 0 Å². The quantitative estimate of drug-likeness (QED) is 0.918. The second kappa shape index (κ2) is 7.22. The fraction of sp³-hybridized carbons (Fsp3) is 0.765. The lowest BCUT2D eigenvalue weighted by Crippen LogP contribution is -2.47. The van der Waals surface area contributed by atoms with Crippen molar-refractivity contribution in [2.75, 3.05) is 26.2 Å². The number of nitrogens with one attached hydrogen (secondary N) is 1. The minimum Gasteiger partial charge on any atom is -0.342 e. The van der Waals surface area contributed by atoms with Crippen LogP contribution in [0.1, 0.15) is 42.6 Å². The van der Waals surface area contributed by atoms with Crippen molar-refractivity contribution in [1.29, 1.82) is 0 Å². The number of likely N-dealkylation sites (tertiary alicyclic amines) is 1. The average molecular weight is 341 g/mol. The molecule has 23 heavy (non-hydrogen) atoms. The highest BCUT2D eigenvalue weighted by Gasteiger charge is 2.39. The van der Waals surface area contributed by atoms with Crippen molar-refractivity contribution in [3.8, 4) is 0 Å². The van der Waals surface area contributed by atoms with Gasteiger partial charge in [0.25, 0.3) is 0 Å². The largest absolute Gasteiger partial charge is 0.342 e. The second-order valence-electron chi connectivity index (χ2n) is 7.11. The second-order valence-corrected chi connectivity index (χ2v) is 7.11. The van der Waals surface area contributed by atoms with Gasteiger partial charge in [-0.3, -0.25) is 9.48 Å². The van der Waals surface area contributed by atoms with Crippen LogP contribution in [0.25, 0.3) is 0 Å². The summed E-state index contributed by atoms with van der Waals surface area (Å²) in [7, 11) is 0. The molecule has 0 radical (unpaired) electrons. The molecule has 2 aliphatic rings. The molecule has 3 rings (SSSR count). The number of carbonyl (C=O) groups is 1. The molecule has 1 aromatic heterocycles. The maximum atomic E-state index is 12.6. The van der Waals surface area contributed by atoms with Gasteiger partial charge in [-0.05, 0) is 52.1 Å². The summed E-state index contributed by atoms with van der Waals surface area (Å²) >= 11 is 0. The molecule has 0 aromatic carbocycles. The number of halogens is 1. The molecule has 1 unspecified atom stereocenters. The minimum atomic E-state index is 0. The third-order valence-corrected chi connectivity index (χ3v) is 5.63. The molecular weight excluding hydrogens is 312 g/mol. The minimum absolute atomic E-state index is 0. The molecule has 1 atom stereocenters. The first-order valence-electron chi connectivity index (χ1n) is 8.50. The van der Waals surface area contributed by atoms with E-state index in [-0.39, 0.29) is 18.3 Å². The van der Waals surface area contributed by atoms with Gasteiger partial charge in [0.1, 0.15) is 0 Å². The van der Waals surface area contributed by atoms with Crippen LogP contribution in [0, 0.1) is 26.2 Å². The Balaban J connectivity index is 0.00000192. The van der Waals surface area contributed by atoms with Gasteiger partial charge in [0.15, 0.2) is 0 Å². The van der Waals surface area contributed by atoms with E-state index in [4.69, 9.17) is 0 Å². The normalized spacial score (nSPS) is 24.0. The van der Waals surface area contributed by atoms with Crippen LogP contribution in [-0.2, 0) is 11.3 Å². The van der Waals surface area contributed by atoms with Crippen LogP contribution < -0.4 is 5.32 Å². The van der Waals surface area contributed by atoms with Crippen LogP contribution >= 0.6 is 12.4 Å². The highest BCUT2D eigenvalue weighted by atomic mass is 35.5. The number of hydrogen-bond donors (Lipinski definition) is 1. The Morgan fingerprint density at radius 2 is 2.09 bits per heavy atom. The van der Waals surface area contributed by atoms with Gasteiger partial charge in [-0.15, -0.1) is 12.4 Å². The van der Waals surface area contributed by atoms with Gasteiger partial charge in [0, 0.05) is 43.7 Å². The van der Waals surface area contributed by atoms with Crippen LogP contribution in [0.4, 0.5) is 0 Å². The Labute approximate surface area is 145 Å². The van der Waals surface area contributed by atoms with Crippen LogP contribution in [-0.4, -0.2) is 46.8 Å². The van der Waals surface area contributed by atoms with Gasteiger partial charge in [-0.1, -0.05) is 0 Å². The Kier molecular flexibility index (Phi) is 5.74. The van der Waals surface area contributed by atoms with E-state index in [1.807, 2.05) is 11.6 Å². The molecule has 1 aromatic rings. The number of piperidine rings is 1. The SMILES string of the molecule is Cc1nn(CCC(=O)N2CCCC3(CCNC3)C2)c(C)c1C.Cl. The van der Waals surface area contributed by atoms with E-state index in [9.17, 15) is 4.79 Å². The van der Waals surface area contributed by atoms with Crippen molar-refractivity contribution >= 4 is 18.3 Å². The number of carbonyl (C=O) groups excluding carboxylic acids is 1. The molecule has 0 bridgehead atoms. The molecule has 1 amide bonds. The van der Waals surface area contributed by atoms with Crippen LogP contribution in [0.3, 0.4) is 0 Å². The number of amides is 1. The monoisotopic (exact) mass is 340 g/mol. The summed E-state index contributed by atoms with van der Waals surface area (Å²) in [5.74, 6) is 0.288. The first-order valence-corrected chi connectivity index (χ1v) is 8.50. The fourth-order valence-electron chi connectivity index (χ4n) is 3.93. The summed E-state index contributed by atoms with van der Waals surface area (Å²) in [6.45, 7) is 11.0. The summed E-state index contributed by atoms with van der Waals surface area (Å²) < 4.78 is 1.99. The highest BCUT2D eigenvalue weighted by molar-refractivity contribution is 5.85. The lowest BCUT2D eigenvalue weighted by atomic mass is 9.79. The number of nitrogens with zero attached hydrogens (tertiary/aromatic N) is 3. The third kappa shape index (κ3) is 3.72. The van der Waals surface area contributed by atoms with Crippen LogP contribution in [0.5, 0.6) is 0 Å².